The molecular formula is C30H28N2O8. The van der Waals surface area contributed by atoms with Crippen LogP contribution in [0.3, 0.4) is 0 Å². The van der Waals surface area contributed by atoms with Crippen LogP contribution >= 0.6 is 0 Å². The number of carbonyl (C=O) groups excluding carboxylic acids is 2. The first-order chi connectivity index (χ1) is 19.1. The number of nitrogens with one attached hydrogen (secondary N) is 1. The molecule has 0 radical (unpaired) electrons. The first-order valence-electron chi connectivity index (χ1n) is 12.6. The lowest BCUT2D eigenvalue weighted by Gasteiger charge is -2.19. The van der Waals surface area contributed by atoms with Crippen LogP contribution in [0.2, 0.25) is 0 Å². The predicted octanol–water partition coefficient (Wildman–Crippen LogP) is 5.92. The Morgan fingerprint density at radius 1 is 1.02 bits per heavy atom. The number of rotatable bonds is 9. The van der Waals surface area contributed by atoms with E-state index < -0.39 is 23.0 Å². The summed E-state index contributed by atoms with van der Waals surface area (Å²) < 4.78 is 16.7. The number of amides is 1. The van der Waals surface area contributed by atoms with Gasteiger partial charge in [-0.05, 0) is 54.7 Å². The van der Waals surface area contributed by atoms with Crippen molar-refractivity contribution < 1.29 is 28.4 Å². The molecule has 10 heteroatoms. The number of non-ortho nitro benzene ring substituents is 1. The summed E-state index contributed by atoms with van der Waals surface area (Å²) in [5.74, 6) is -0.181. The maximum Gasteiger partial charge on any atom is 0.408 e. The summed E-state index contributed by atoms with van der Waals surface area (Å²) in [6.07, 6.45) is -0.426. The largest absolute Gasteiger partial charge is 0.460 e. The molecule has 0 aliphatic rings. The minimum absolute atomic E-state index is 0.0566. The lowest BCUT2D eigenvalue weighted by Crippen LogP contribution is -2.44. The second-order valence-electron chi connectivity index (χ2n) is 9.63. The van der Waals surface area contributed by atoms with E-state index in [1.54, 1.807) is 6.92 Å². The Bertz CT molecular complexity index is 1590. The normalized spacial score (nSPS) is 11.7. The van der Waals surface area contributed by atoms with E-state index in [0.29, 0.717) is 17.7 Å². The van der Waals surface area contributed by atoms with Crippen LogP contribution < -0.4 is 15.5 Å². The van der Waals surface area contributed by atoms with Crippen LogP contribution in [0.1, 0.15) is 31.6 Å². The number of esters is 1. The minimum Gasteiger partial charge on any atom is -0.460 e. The Balaban J connectivity index is 1.51. The average Bonchev–Trinajstić information content (AvgIpc) is 2.92. The summed E-state index contributed by atoms with van der Waals surface area (Å²) in [6.45, 7) is 5.49. The number of nitro benzene ring substituents is 1. The summed E-state index contributed by atoms with van der Waals surface area (Å²) in [5, 5.41) is 13.8. The molecule has 1 unspecified atom stereocenters. The third kappa shape index (κ3) is 6.71. The lowest BCUT2D eigenvalue weighted by atomic mass is 10.0. The number of hydrogen-bond acceptors (Lipinski definition) is 8. The van der Waals surface area contributed by atoms with Gasteiger partial charge in [0.1, 0.15) is 29.7 Å². The van der Waals surface area contributed by atoms with Crippen molar-refractivity contribution in [3.05, 3.63) is 104 Å². The molecule has 0 bridgehead atoms. The topological polar surface area (TPSA) is 138 Å². The van der Waals surface area contributed by atoms with Crippen molar-refractivity contribution in [2.45, 2.75) is 39.8 Å². The molecule has 1 amide bonds. The second kappa shape index (κ2) is 12.2. The number of fused-ring (bicyclic) bond motifs is 1. The summed E-state index contributed by atoms with van der Waals surface area (Å²) in [6, 6.07) is 18.2. The average molecular weight is 545 g/mol. The molecule has 1 aromatic heterocycles. The van der Waals surface area contributed by atoms with E-state index >= 15 is 0 Å². The number of nitrogens with zero attached hydrogens (tertiary/aromatic N) is 1. The third-order valence-electron chi connectivity index (χ3n) is 6.12. The van der Waals surface area contributed by atoms with Gasteiger partial charge in [-0.25, -0.2) is 9.59 Å². The van der Waals surface area contributed by atoms with Gasteiger partial charge in [0.05, 0.1) is 15.9 Å². The highest BCUT2D eigenvalue weighted by Gasteiger charge is 2.25. The second-order valence-corrected chi connectivity index (χ2v) is 9.63. The van der Waals surface area contributed by atoms with E-state index in [4.69, 9.17) is 13.9 Å². The highest BCUT2D eigenvalue weighted by molar-refractivity contribution is 5.86. The highest BCUT2D eigenvalue weighted by Crippen LogP contribution is 2.28. The molecule has 4 rings (SSSR count). The van der Waals surface area contributed by atoms with Crippen LogP contribution in [0, 0.1) is 23.0 Å². The van der Waals surface area contributed by atoms with Crippen molar-refractivity contribution in [1.82, 2.24) is 5.32 Å². The van der Waals surface area contributed by atoms with Crippen LogP contribution in [-0.2, 0) is 16.1 Å². The van der Waals surface area contributed by atoms with Crippen LogP contribution in [0.4, 0.5) is 10.5 Å². The van der Waals surface area contributed by atoms with Gasteiger partial charge < -0.3 is 19.2 Å². The van der Waals surface area contributed by atoms with E-state index in [0.717, 1.165) is 5.56 Å². The fraction of sp³-hybridized carbons (Fsp3) is 0.233. The van der Waals surface area contributed by atoms with Gasteiger partial charge in [0.2, 0.25) is 5.43 Å². The minimum atomic E-state index is -0.961. The molecule has 0 aliphatic carbocycles. The molecule has 0 saturated heterocycles. The molecule has 1 N–H and O–H groups in total. The van der Waals surface area contributed by atoms with E-state index in [1.807, 2.05) is 44.2 Å². The molecule has 10 nitrogen and oxygen atoms in total. The zero-order valence-electron chi connectivity index (χ0n) is 22.2. The number of carbonyl (C=O) groups is 2. The molecule has 4 aromatic rings. The fourth-order valence-electron chi connectivity index (χ4n) is 4.21. The standard InChI is InChI=1S/C30H28N2O8/c1-18(2)15-25(31-30(35)38-17-20-7-5-4-6-8-20)29(34)40-23-13-14-24-26(16-23)39-19(3)27(28(24)33)21-9-11-22(12-10-21)32(36)37/h4-14,16,18,25H,15,17H2,1-3H3,(H,31,35). The summed E-state index contributed by atoms with van der Waals surface area (Å²) in [7, 11) is 0. The van der Waals surface area contributed by atoms with Crippen molar-refractivity contribution >= 4 is 28.7 Å². The molecule has 0 aliphatic heterocycles. The smallest absolute Gasteiger partial charge is 0.408 e. The molecule has 0 fully saturated rings. The monoisotopic (exact) mass is 544 g/mol. The van der Waals surface area contributed by atoms with Gasteiger partial charge in [0.25, 0.3) is 5.69 Å². The Labute approximate surface area is 229 Å². The van der Waals surface area contributed by atoms with Crippen molar-refractivity contribution in [2.75, 3.05) is 0 Å². The van der Waals surface area contributed by atoms with Crippen molar-refractivity contribution in [2.24, 2.45) is 5.92 Å². The molecular weight excluding hydrogens is 516 g/mol. The van der Waals surface area contributed by atoms with Gasteiger partial charge in [-0.3, -0.25) is 14.9 Å². The molecule has 206 valence electrons. The number of nitro groups is 1. The summed E-state index contributed by atoms with van der Waals surface area (Å²) >= 11 is 0. The SMILES string of the molecule is Cc1oc2cc(OC(=O)C(CC(C)C)NC(=O)OCc3ccccc3)ccc2c(=O)c1-c1ccc([N+](=O)[O-])cc1. The van der Waals surface area contributed by atoms with Crippen LogP contribution in [0.5, 0.6) is 5.75 Å². The van der Waals surface area contributed by atoms with Crippen molar-refractivity contribution in [3.8, 4) is 16.9 Å². The predicted molar refractivity (Wildman–Crippen MR) is 148 cm³/mol. The Morgan fingerprint density at radius 2 is 1.73 bits per heavy atom. The number of aryl methyl sites for hydroxylation is 1. The van der Waals surface area contributed by atoms with Crippen LogP contribution in [0.15, 0.2) is 82.0 Å². The van der Waals surface area contributed by atoms with Crippen molar-refractivity contribution in [3.63, 3.8) is 0 Å². The van der Waals surface area contributed by atoms with Gasteiger partial charge in [0.15, 0.2) is 0 Å². The molecule has 3 aromatic carbocycles. The molecule has 1 atom stereocenters. The number of alkyl carbamates (subject to hydrolysis) is 1. The third-order valence-corrected chi connectivity index (χ3v) is 6.12. The first-order valence-corrected chi connectivity index (χ1v) is 12.6. The van der Waals surface area contributed by atoms with Gasteiger partial charge >= 0.3 is 12.1 Å². The number of ether oxygens (including phenoxy) is 2. The zero-order valence-corrected chi connectivity index (χ0v) is 22.2. The number of benzene rings is 3. The zero-order chi connectivity index (χ0) is 28.8. The van der Waals surface area contributed by atoms with Gasteiger partial charge in [-0.2, -0.15) is 0 Å². The van der Waals surface area contributed by atoms with Crippen LogP contribution in [-0.4, -0.2) is 23.0 Å². The molecule has 1 heterocycles. The maximum absolute atomic E-state index is 13.3. The van der Waals surface area contributed by atoms with E-state index in [-0.39, 0.29) is 45.9 Å². The van der Waals surface area contributed by atoms with Gasteiger partial charge in [-0.15, -0.1) is 0 Å². The Morgan fingerprint density at radius 3 is 2.38 bits per heavy atom. The Kier molecular flexibility index (Phi) is 8.58. The lowest BCUT2D eigenvalue weighted by molar-refractivity contribution is -0.384. The number of hydrogen-bond donors (Lipinski definition) is 1. The van der Waals surface area contributed by atoms with Gasteiger partial charge in [0, 0.05) is 18.2 Å². The van der Waals surface area contributed by atoms with E-state index in [1.165, 1.54) is 42.5 Å². The molecule has 0 spiro atoms. The highest BCUT2D eigenvalue weighted by atomic mass is 16.6. The summed E-state index contributed by atoms with van der Waals surface area (Å²) in [5.41, 5.74) is 1.36. The van der Waals surface area contributed by atoms with Gasteiger partial charge in [-0.1, -0.05) is 44.2 Å². The fourth-order valence-corrected chi connectivity index (χ4v) is 4.21. The quantitative estimate of drug-likeness (QED) is 0.119. The molecule has 0 saturated carbocycles. The first kappa shape index (κ1) is 28.0. The van der Waals surface area contributed by atoms with E-state index in [9.17, 15) is 24.5 Å². The van der Waals surface area contributed by atoms with E-state index in [2.05, 4.69) is 5.32 Å². The van der Waals surface area contributed by atoms with Crippen molar-refractivity contribution in [1.29, 1.82) is 0 Å². The maximum atomic E-state index is 13.3. The van der Waals surface area contributed by atoms with Crippen LogP contribution in [0.25, 0.3) is 22.1 Å². The Hall–Kier alpha value is -4.99. The summed E-state index contributed by atoms with van der Waals surface area (Å²) in [4.78, 5) is 49.1. The molecule has 40 heavy (non-hydrogen) atoms.